The Hall–Kier alpha value is -1.20. The van der Waals surface area contributed by atoms with Gasteiger partial charge in [0.2, 0.25) is 0 Å². The standard InChI is InChI=1S/C14H19FN2OS/c1-17(9-11-4-2-3-7-18-11)10-5-6-12(14(16)19)13(15)8-10/h5-6,8,11H,2-4,7,9H2,1H3,(H2,16,19). The van der Waals surface area contributed by atoms with Crippen molar-refractivity contribution in [3.8, 4) is 0 Å². The Kier molecular flexibility index (Phi) is 4.71. The van der Waals surface area contributed by atoms with E-state index in [2.05, 4.69) is 0 Å². The maximum absolute atomic E-state index is 13.8. The first-order valence-corrected chi connectivity index (χ1v) is 6.91. The molecule has 3 nitrogen and oxygen atoms in total. The molecule has 1 heterocycles. The number of nitrogens with zero attached hydrogens (tertiary/aromatic N) is 1. The Bertz CT molecular complexity index is 461. The van der Waals surface area contributed by atoms with Crippen molar-refractivity contribution < 1.29 is 9.13 Å². The number of benzene rings is 1. The van der Waals surface area contributed by atoms with Gasteiger partial charge in [-0.3, -0.25) is 0 Å². The number of anilines is 1. The highest BCUT2D eigenvalue weighted by Gasteiger charge is 2.17. The van der Waals surface area contributed by atoms with Crippen LogP contribution in [0.1, 0.15) is 24.8 Å². The van der Waals surface area contributed by atoms with E-state index in [4.69, 9.17) is 22.7 Å². The summed E-state index contributed by atoms with van der Waals surface area (Å²) in [5, 5.41) is 0. The number of thiocarbonyl (C=S) groups is 1. The topological polar surface area (TPSA) is 38.5 Å². The summed E-state index contributed by atoms with van der Waals surface area (Å²) in [6.45, 7) is 1.60. The predicted molar refractivity (Wildman–Crippen MR) is 79.1 cm³/mol. The zero-order valence-corrected chi connectivity index (χ0v) is 11.9. The second-order valence-corrected chi connectivity index (χ2v) is 5.34. The van der Waals surface area contributed by atoms with Crippen LogP contribution < -0.4 is 10.6 Å². The van der Waals surface area contributed by atoms with Crippen LogP contribution in [0, 0.1) is 5.82 Å². The Labute approximate surface area is 118 Å². The third-order valence-corrected chi connectivity index (χ3v) is 3.63. The van der Waals surface area contributed by atoms with E-state index in [-0.39, 0.29) is 16.9 Å². The second kappa shape index (κ2) is 6.30. The minimum Gasteiger partial charge on any atom is -0.389 e. The first kappa shape index (κ1) is 14.2. The summed E-state index contributed by atoms with van der Waals surface area (Å²) >= 11 is 4.79. The Morgan fingerprint density at radius 1 is 1.53 bits per heavy atom. The van der Waals surface area contributed by atoms with Crippen LogP contribution in [-0.2, 0) is 4.74 Å². The van der Waals surface area contributed by atoms with E-state index < -0.39 is 0 Å². The summed E-state index contributed by atoms with van der Waals surface area (Å²) in [5.41, 5.74) is 6.55. The Morgan fingerprint density at radius 3 is 2.89 bits per heavy atom. The molecule has 1 aromatic rings. The van der Waals surface area contributed by atoms with Gasteiger partial charge < -0.3 is 15.4 Å². The number of likely N-dealkylation sites (N-methyl/N-ethyl adjacent to an activating group) is 1. The summed E-state index contributed by atoms with van der Waals surface area (Å²) in [7, 11) is 1.94. The number of nitrogens with two attached hydrogens (primary N) is 1. The fraction of sp³-hybridized carbons (Fsp3) is 0.500. The van der Waals surface area contributed by atoms with E-state index in [1.54, 1.807) is 6.07 Å². The number of hydrogen-bond acceptors (Lipinski definition) is 3. The zero-order chi connectivity index (χ0) is 13.8. The molecule has 1 atom stereocenters. The molecule has 1 aliphatic heterocycles. The molecule has 5 heteroatoms. The maximum Gasteiger partial charge on any atom is 0.135 e. The second-order valence-electron chi connectivity index (χ2n) is 4.90. The molecular weight excluding hydrogens is 263 g/mol. The van der Waals surface area contributed by atoms with Crippen molar-refractivity contribution in [2.24, 2.45) is 5.73 Å². The van der Waals surface area contributed by atoms with Crippen LogP contribution in [0.4, 0.5) is 10.1 Å². The third kappa shape index (κ3) is 3.64. The van der Waals surface area contributed by atoms with Gasteiger partial charge in [-0.2, -0.15) is 0 Å². The average Bonchev–Trinajstić information content (AvgIpc) is 2.39. The third-order valence-electron chi connectivity index (χ3n) is 3.41. The monoisotopic (exact) mass is 282 g/mol. The van der Waals surface area contributed by atoms with Crippen molar-refractivity contribution in [1.82, 2.24) is 0 Å². The fourth-order valence-electron chi connectivity index (χ4n) is 2.30. The van der Waals surface area contributed by atoms with Crippen LogP contribution in [0.5, 0.6) is 0 Å². The molecule has 104 valence electrons. The van der Waals surface area contributed by atoms with Gasteiger partial charge in [-0.25, -0.2) is 4.39 Å². The van der Waals surface area contributed by atoms with Gasteiger partial charge >= 0.3 is 0 Å². The zero-order valence-electron chi connectivity index (χ0n) is 11.1. The van der Waals surface area contributed by atoms with Crippen LogP contribution in [0.15, 0.2) is 18.2 Å². The molecule has 0 spiro atoms. The molecule has 0 saturated carbocycles. The summed E-state index contributed by atoms with van der Waals surface area (Å²) < 4.78 is 19.5. The van der Waals surface area contributed by atoms with Crippen LogP contribution in [0.2, 0.25) is 0 Å². The first-order chi connectivity index (χ1) is 9.08. The van der Waals surface area contributed by atoms with Crippen LogP contribution in [-0.4, -0.2) is 31.3 Å². The quantitative estimate of drug-likeness (QED) is 0.861. The normalized spacial score (nSPS) is 19.2. The molecule has 1 aliphatic rings. The molecule has 0 aromatic heterocycles. The highest BCUT2D eigenvalue weighted by atomic mass is 32.1. The number of halogens is 1. The fourth-order valence-corrected chi connectivity index (χ4v) is 2.47. The maximum atomic E-state index is 13.8. The Morgan fingerprint density at radius 2 is 2.32 bits per heavy atom. The molecular formula is C14H19FN2OS. The SMILES string of the molecule is CN(CC1CCCCO1)c1ccc(C(N)=S)c(F)c1. The average molecular weight is 282 g/mol. The van der Waals surface area contributed by atoms with Gasteiger partial charge in [0.25, 0.3) is 0 Å². The molecule has 19 heavy (non-hydrogen) atoms. The van der Waals surface area contributed by atoms with Crippen molar-refractivity contribution >= 4 is 22.9 Å². The lowest BCUT2D eigenvalue weighted by molar-refractivity contribution is 0.0216. The molecule has 1 fully saturated rings. The molecule has 0 radical (unpaired) electrons. The lowest BCUT2D eigenvalue weighted by Crippen LogP contribution is -2.33. The number of rotatable bonds is 4. The summed E-state index contributed by atoms with van der Waals surface area (Å²) in [6.07, 6.45) is 3.64. The smallest absolute Gasteiger partial charge is 0.135 e. The highest BCUT2D eigenvalue weighted by molar-refractivity contribution is 7.80. The minimum atomic E-state index is -0.374. The van der Waals surface area contributed by atoms with E-state index >= 15 is 0 Å². The van der Waals surface area contributed by atoms with Crippen molar-refractivity contribution in [2.45, 2.75) is 25.4 Å². The molecule has 2 rings (SSSR count). The van der Waals surface area contributed by atoms with E-state index in [9.17, 15) is 4.39 Å². The van der Waals surface area contributed by atoms with Gasteiger partial charge in [0.05, 0.1) is 6.10 Å². The van der Waals surface area contributed by atoms with E-state index in [0.29, 0.717) is 5.56 Å². The lowest BCUT2D eigenvalue weighted by Gasteiger charge is -2.28. The Balaban J connectivity index is 2.04. The highest BCUT2D eigenvalue weighted by Crippen LogP contribution is 2.20. The lowest BCUT2D eigenvalue weighted by atomic mass is 10.1. The molecule has 1 saturated heterocycles. The largest absolute Gasteiger partial charge is 0.389 e. The molecule has 0 amide bonds. The van der Waals surface area contributed by atoms with Gasteiger partial charge in [-0.15, -0.1) is 0 Å². The van der Waals surface area contributed by atoms with Gasteiger partial charge in [-0.05, 0) is 37.5 Å². The van der Waals surface area contributed by atoms with Gasteiger partial charge in [0.15, 0.2) is 0 Å². The van der Waals surface area contributed by atoms with Crippen molar-refractivity contribution in [2.75, 3.05) is 25.1 Å². The van der Waals surface area contributed by atoms with Crippen molar-refractivity contribution in [3.05, 3.63) is 29.6 Å². The summed E-state index contributed by atoms with van der Waals surface area (Å²) in [6, 6.07) is 4.93. The number of hydrogen-bond donors (Lipinski definition) is 1. The van der Waals surface area contributed by atoms with E-state index in [1.807, 2.05) is 18.0 Å². The van der Waals surface area contributed by atoms with Crippen molar-refractivity contribution in [1.29, 1.82) is 0 Å². The predicted octanol–water partition coefficient (Wildman–Crippen LogP) is 2.47. The van der Waals surface area contributed by atoms with Gasteiger partial charge in [0.1, 0.15) is 10.8 Å². The summed E-state index contributed by atoms with van der Waals surface area (Å²) in [5.74, 6) is -0.374. The molecule has 2 N–H and O–H groups in total. The van der Waals surface area contributed by atoms with E-state index in [0.717, 1.165) is 31.7 Å². The molecule has 1 unspecified atom stereocenters. The van der Waals surface area contributed by atoms with Crippen molar-refractivity contribution in [3.63, 3.8) is 0 Å². The molecule has 0 aliphatic carbocycles. The van der Waals surface area contributed by atoms with Crippen LogP contribution in [0.3, 0.4) is 0 Å². The molecule has 0 bridgehead atoms. The number of ether oxygens (including phenoxy) is 1. The van der Waals surface area contributed by atoms with Crippen LogP contribution in [0.25, 0.3) is 0 Å². The minimum absolute atomic E-state index is 0.0855. The summed E-state index contributed by atoms with van der Waals surface area (Å²) in [4.78, 5) is 2.09. The first-order valence-electron chi connectivity index (χ1n) is 6.50. The van der Waals surface area contributed by atoms with Crippen LogP contribution >= 0.6 is 12.2 Å². The van der Waals surface area contributed by atoms with Gasteiger partial charge in [-0.1, -0.05) is 12.2 Å². The molecule has 1 aromatic carbocycles. The van der Waals surface area contributed by atoms with Gasteiger partial charge in [0, 0.05) is 31.5 Å². The van der Waals surface area contributed by atoms with E-state index in [1.165, 1.54) is 12.5 Å².